The summed E-state index contributed by atoms with van der Waals surface area (Å²) in [7, 11) is 0. The van der Waals surface area contributed by atoms with Crippen LogP contribution in [0.5, 0.6) is 0 Å². The maximum Gasteiger partial charge on any atom is 0.242 e. The van der Waals surface area contributed by atoms with E-state index in [0.29, 0.717) is 25.9 Å². The summed E-state index contributed by atoms with van der Waals surface area (Å²) in [5, 5.41) is 0. The van der Waals surface area contributed by atoms with E-state index < -0.39 is 5.41 Å². The highest BCUT2D eigenvalue weighted by Gasteiger charge is 2.60. The maximum absolute atomic E-state index is 13.5. The Morgan fingerprint density at radius 2 is 1.74 bits per heavy atom. The Balaban J connectivity index is 1.57. The van der Waals surface area contributed by atoms with E-state index in [-0.39, 0.29) is 17.9 Å². The molecule has 2 aromatic rings. The summed E-state index contributed by atoms with van der Waals surface area (Å²) in [5.41, 5.74) is 2.39. The number of hydrogen-bond donors (Lipinski definition) is 0. The van der Waals surface area contributed by atoms with Crippen LogP contribution >= 0.6 is 0 Å². The standard InChI is InChI=1S/C23H26N2O2/c1-3-24(16-18-9-5-4-6-10-18)21(26)23(13-14-23)22(27)25-17(2)15-19-11-7-8-12-20(19)25/h4-12,17H,3,13-16H2,1-2H3. The Kier molecular flexibility index (Phi) is 4.50. The minimum Gasteiger partial charge on any atom is -0.338 e. The van der Waals surface area contributed by atoms with Crippen LogP contribution in [0.15, 0.2) is 54.6 Å². The number of para-hydroxylation sites is 1. The molecule has 2 aliphatic rings. The van der Waals surface area contributed by atoms with Gasteiger partial charge in [-0.2, -0.15) is 0 Å². The zero-order valence-electron chi connectivity index (χ0n) is 16.0. The second-order valence-electron chi connectivity index (χ2n) is 7.74. The van der Waals surface area contributed by atoms with Gasteiger partial charge in [-0.15, -0.1) is 0 Å². The predicted molar refractivity (Wildman–Crippen MR) is 106 cm³/mol. The summed E-state index contributed by atoms with van der Waals surface area (Å²) >= 11 is 0. The van der Waals surface area contributed by atoms with Gasteiger partial charge in [0.05, 0.1) is 0 Å². The molecule has 4 rings (SSSR count). The summed E-state index contributed by atoms with van der Waals surface area (Å²) in [4.78, 5) is 30.6. The summed E-state index contributed by atoms with van der Waals surface area (Å²) in [6.07, 6.45) is 2.16. The number of rotatable bonds is 5. The number of carbonyl (C=O) groups excluding carboxylic acids is 2. The maximum atomic E-state index is 13.5. The normalized spacial score (nSPS) is 19.5. The van der Waals surface area contributed by atoms with Crippen LogP contribution in [0.3, 0.4) is 0 Å². The SMILES string of the molecule is CCN(Cc1ccccc1)C(=O)C1(C(=O)N2c3ccccc3CC2C)CC1. The first-order chi connectivity index (χ1) is 13.1. The molecule has 4 nitrogen and oxygen atoms in total. The van der Waals surface area contributed by atoms with Crippen molar-refractivity contribution in [2.75, 3.05) is 11.4 Å². The van der Waals surface area contributed by atoms with Crippen LogP contribution in [0, 0.1) is 5.41 Å². The largest absolute Gasteiger partial charge is 0.338 e. The van der Waals surface area contributed by atoms with Gasteiger partial charge in [-0.05, 0) is 50.3 Å². The molecule has 0 spiro atoms. The molecular formula is C23H26N2O2. The topological polar surface area (TPSA) is 40.6 Å². The summed E-state index contributed by atoms with van der Waals surface area (Å²) in [5.74, 6) is -0.0353. The number of anilines is 1. The Bertz CT molecular complexity index is 858. The fourth-order valence-electron chi connectivity index (χ4n) is 4.18. The molecule has 2 amide bonds. The minimum absolute atomic E-state index is 0.0172. The van der Waals surface area contributed by atoms with Crippen LogP contribution in [0.1, 0.15) is 37.8 Å². The third kappa shape index (κ3) is 3.03. The molecule has 0 radical (unpaired) electrons. The second kappa shape index (κ2) is 6.84. The molecule has 1 unspecified atom stereocenters. The van der Waals surface area contributed by atoms with Crippen LogP contribution in [-0.2, 0) is 22.6 Å². The molecule has 1 aliphatic heterocycles. The van der Waals surface area contributed by atoms with E-state index in [0.717, 1.165) is 17.7 Å². The number of fused-ring (bicyclic) bond motifs is 1. The Labute approximate surface area is 160 Å². The first-order valence-electron chi connectivity index (χ1n) is 9.81. The molecule has 1 fully saturated rings. The molecule has 0 bridgehead atoms. The molecule has 27 heavy (non-hydrogen) atoms. The van der Waals surface area contributed by atoms with Gasteiger partial charge in [0.15, 0.2) is 0 Å². The highest BCUT2D eigenvalue weighted by atomic mass is 16.2. The van der Waals surface area contributed by atoms with E-state index in [9.17, 15) is 9.59 Å². The summed E-state index contributed by atoms with van der Waals surface area (Å²) in [6, 6.07) is 18.1. The minimum atomic E-state index is -0.865. The first-order valence-corrected chi connectivity index (χ1v) is 9.81. The van der Waals surface area contributed by atoms with Crippen LogP contribution < -0.4 is 4.90 Å². The Hall–Kier alpha value is -2.62. The van der Waals surface area contributed by atoms with E-state index in [4.69, 9.17) is 0 Å². The highest BCUT2D eigenvalue weighted by Crippen LogP contribution is 2.51. The number of benzene rings is 2. The average Bonchev–Trinajstić information content (AvgIpc) is 3.43. The van der Waals surface area contributed by atoms with Crippen molar-refractivity contribution in [2.24, 2.45) is 5.41 Å². The summed E-state index contributed by atoms with van der Waals surface area (Å²) < 4.78 is 0. The van der Waals surface area contributed by atoms with Crippen molar-refractivity contribution in [1.29, 1.82) is 0 Å². The lowest BCUT2D eigenvalue weighted by Gasteiger charge is -2.31. The van der Waals surface area contributed by atoms with E-state index in [1.165, 1.54) is 5.56 Å². The van der Waals surface area contributed by atoms with Crippen molar-refractivity contribution < 1.29 is 9.59 Å². The van der Waals surface area contributed by atoms with E-state index in [1.54, 1.807) is 0 Å². The molecule has 0 saturated heterocycles. The van der Waals surface area contributed by atoms with Gasteiger partial charge in [0, 0.05) is 24.8 Å². The van der Waals surface area contributed by atoms with E-state index in [2.05, 4.69) is 13.0 Å². The van der Waals surface area contributed by atoms with Crippen LogP contribution in [0.2, 0.25) is 0 Å². The lowest BCUT2D eigenvalue weighted by atomic mass is 10.0. The second-order valence-corrected chi connectivity index (χ2v) is 7.74. The van der Waals surface area contributed by atoms with Crippen LogP contribution in [0.25, 0.3) is 0 Å². The van der Waals surface area contributed by atoms with Crippen molar-refractivity contribution in [1.82, 2.24) is 4.90 Å². The molecule has 4 heteroatoms. The lowest BCUT2D eigenvalue weighted by Crippen LogP contribution is -2.48. The average molecular weight is 362 g/mol. The van der Waals surface area contributed by atoms with Gasteiger partial charge in [-0.25, -0.2) is 0 Å². The van der Waals surface area contributed by atoms with Crippen LogP contribution in [0.4, 0.5) is 5.69 Å². The van der Waals surface area contributed by atoms with Crippen molar-refractivity contribution in [2.45, 2.75) is 45.7 Å². The van der Waals surface area contributed by atoms with Crippen molar-refractivity contribution in [3.05, 3.63) is 65.7 Å². The van der Waals surface area contributed by atoms with Gasteiger partial charge in [-0.1, -0.05) is 48.5 Å². The first kappa shape index (κ1) is 17.8. The molecule has 1 atom stereocenters. The van der Waals surface area contributed by atoms with Gasteiger partial charge < -0.3 is 9.80 Å². The predicted octanol–water partition coefficient (Wildman–Crippen LogP) is 3.79. The van der Waals surface area contributed by atoms with Gasteiger partial charge in [-0.3, -0.25) is 9.59 Å². The van der Waals surface area contributed by atoms with Gasteiger partial charge in [0.1, 0.15) is 5.41 Å². The smallest absolute Gasteiger partial charge is 0.242 e. The van der Waals surface area contributed by atoms with E-state index >= 15 is 0 Å². The van der Waals surface area contributed by atoms with Crippen molar-refractivity contribution in [3.63, 3.8) is 0 Å². The lowest BCUT2D eigenvalue weighted by molar-refractivity contribution is -0.143. The third-order valence-corrected chi connectivity index (χ3v) is 5.88. The Morgan fingerprint density at radius 1 is 1.07 bits per heavy atom. The Morgan fingerprint density at radius 3 is 2.41 bits per heavy atom. The molecule has 1 saturated carbocycles. The summed E-state index contributed by atoms with van der Waals surface area (Å²) in [6.45, 7) is 5.21. The zero-order chi connectivity index (χ0) is 19.0. The molecule has 0 N–H and O–H groups in total. The molecule has 1 aliphatic carbocycles. The van der Waals surface area contributed by atoms with Gasteiger partial charge in [0.25, 0.3) is 0 Å². The third-order valence-electron chi connectivity index (χ3n) is 5.88. The van der Waals surface area contributed by atoms with Crippen molar-refractivity contribution in [3.8, 4) is 0 Å². The molecule has 2 aromatic carbocycles. The number of amides is 2. The van der Waals surface area contributed by atoms with E-state index in [1.807, 2.05) is 65.3 Å². The fraction of sp³-hybridized carbons (Fsp3) is 0.391. The monoisotopic (exact) mass is 362 g/mol. The molecule has 1 heterocycles. The quantitative estimate of drug-likeness (QED) is 0.759. The highest BCUT2D eigenvalue weighted by molar-refractivity contribution is 6.14. The number of carbonyl (C=O) groups is 2. The van der Waals surface area contributed by atoms with Gasteiger partial charge >= 0.3 is 0 Å². The number of nitrogens with zero attached hydrogens (tertiary/aromatic N) is 2. The van der Waals surface area contributed by atoms with Crippen molar-refractivity contribution >= 4 is 17.5 Å². The van der Waals surface area contributed by atoms with Crippen LogP contribution in [-0.4, -0.2) is 29.3 Å². The molecule has 0 aromatic heterocycles. The fourth-order valence-corrected chi connectivity index (χ4v) is 4.18. The molecular weight excluding hydrogens is 336 g/mol. The zero-order valence-corrected chi connectivity index (χ0v) is 16.0. The number of hydrogen-bond acceptors (Lipinski definition) is 2. The molecule has 140 valence electrons. The van der Waals surface area contributed by atoms with Gasteiger partial charge in [0.2, 0.25) is 11.8 Å².